The van der Waals surface area contributed by atoms with E-state index in [9.17, 15) is 18.4 Å². The molecule has 1 aliphatic rings. The van der Waals surface area contributed by atoms with Crippen molar-refractivity contribution in [3.8, 4) is 12.3 Å². The summed E-state index contributed by atoms with van der Waals surface area (Å²) < 4.78 is 23.0. The molecule has 2 unspecified atom stereocenters. The molecule has 3 rings (SSSR count). The van der Waals surface area contributed by atoms with Crippen LogP contribution in [0.5, 0.6) is 0 Å². The zero-order valence-corrected chi connectivity index (χ0v) is 22.7. The third-order valence-corrected chi connectivity index (χ3v) is 7.66. The molecular weight excluding hydrogens is 488 g/mol. The van der Waals surface area contributed by atoms with Crippen molar-refractivity contribution in [2.24, 2.45) is 5.92 Å². The lowest BCUT2D eigenvalue weighted by Crippen LogP contribution is -2.49. The number of terminal acetylenes is 1. The largest absolute Gasteiger partial charge is 0.349 e. The summed E-state index contributed by atoms with van der Waals surface area (Å²) in [6.45, 7) is 7.45. The van der Waals surface area contributed by atoms with E-state index in [1.807, 2.05) is 0 Å². The van der Waals surface area contributed by atoms with E-state index in [1.165, 1.54) is 20.6 Å². The van der Waals surface area contributed by atoms with Gasteiger partial charge in [-0.15, -0.1) is 12.3 Å². The molecule has 37 heavy (non-hydrogen) atoms. The van der Waals surface area contributed by atoms with Crippen LogP contribution in [-0.4, -0.2) is 68.0 Å². The standard InChI is InChI=1S/C28H38N4O4S/c1-5-15-28(3,4)30-26(33)18-29-27(34)20-32(37(35)36)19-22-13-16-31(17-14-22)21(2)24-12-8-10-23-9-6-7-11-25(23)24/h1,6-12,21-22H,13-20H2,2-4H3,(H,29,34)(H,30,33)(H,35,36). The molecule has 1 fully saturated rings. The van der Waals surface area contributed by atoms with Gasteiger partial charge >= 0.3 is 0 Å². The summed E-state index contributed by atoms with van der Waals surface area (Å²) >= 11 is -2.29. The average molecular weight is 527 g/mol. The Kier molecular flexibility index (Phi) is 10.2. The van der Waals surface area contributed by atoms with Crippen molar-refractivity contribution in [1.29, 1.82) is 0 Å². The van der Waals surface area contributed by atoms with Crippen LogP contribution in [0.25, 0.3) is 10.8 Å². The number of hydrogen-bond acceptors (Lipinski definition) is 4. The number of nitrogens with zero attached hydrogens (tertiary/aromatic N) is 2. The Morgan fingerprint density at radius 3 is 2.54 bits per heavy atom. The molecule has 0 saturated carbocycles. The smallest absolute Gasteiger partial charge is 0.239 e. The van der Waals surface area contributed by atoms with E-state index in [0.29, 0.717) is 13.0 Å². The fourth-order valence-corrected chi connectivity index (χ4v) is 5.49. The second-order valence-corrected chi connectivity index (χ2v) is 11.3. The van der Waals surface area contributed by atoms with Gasteiger partial charge in [-0.25, -0.2) is 4.21 Å². The Morgan fingerprint density at radius 2 is 1.86 bits per heavy atom. The highest BCUT2D eigenvalue weighted by Crippen LogP contribution is 2.31. The molecule has 3 N–H and O–H groups in total. The third kappa shape index (κ3) is 8.37. The van der Waals surface area contributed by atoms with Gasteiger partial charge in [0.05, 0.1) is 13.1 Å². The van der Waals surface area contributed by atoms with Crippen LogP contribution in [0.2, 0.25) is 0 Å². The van der Waals surface area contributed by atoms with Crippen LogP contribution in [0.1, 0.15) is 51.6 Å². The number of carbonyl (C=O) groups is 2. The zero-order valence-electron chi connectivity index (χ0n) is 21.9. The van der Waals surface area contributed by atoms with Gasteiger partial charge in [0.15, 0.2) is 0 Å². The van der Waals surface area contributed by atoms with E-state index in [-0.39, 0.29) is 31.0 Å². The van der Waals surface area contributed by atoms with Gasteiger partial charge in [-0.1, -0.05) is 42.5 Å². The predicted molar refractivity (Wildman–Crippen MR) is 148 cm³/mol. The summed E-state index contributed by atoms with van der Waals surface area (Å²) in [7, 11) is 0. The Morgan fingerprint density at radius 1 is 1.19 bits per heavy atom. The minimum absolute atomic E-state index is 0.202. The Balaban J connectivity index is 1.48. The quantitative estimate of drug-likeness (QED) is 0.309. The van der Waals surface area contributed by atoms with Crippen LogP contribution >= 0.6 is 0 Å². The van der Waals surface area contributed by atoms with Crippen LogP contribution in [0, 0.1) is 18.3 Å². The molecule has 2 aromatic carbocycles. The molecule has 0 spiro atoms. The molecular formula is C28H38N4O4S. The molecule has 0 aromatic heterocycles. The van der Waals surface area contributed by atoms with Crippen LogP contribution in [0.3, 0.4) is 0 Å². The summed E-state index contributed by atoms with van der Waals surface area (Å²) in [5.41, 5.74) is 0.729. The van der Waals surface area contributed by atoms with Gasteiger partial charge in [0.1, 0.15) is 0 Å². The minimum Gasteiger partial charge on any atom is -0.349 e. The van der Waals surface area contributed by atoms with Crippen molar-refractivity contribution in [2.45, 2.75) is 51.6 Å². The predicted octanol–water partition coefficient (Wildman–Crippen LogP) is 3.09. The van der Waals surface area contributed by atoms with Gasteiger partial charge in [-0.3, -0.25) is 19.0 Å². The van der Waals surface area contributed by atoms with Gasteiger partial charge in [0.2, 0.25) is 23.1 Å². The minimum atomic E-state index is -2.29. The molecule has 1 saturated heterocycles. The number of piperidine rings is 1. The number of rotatable bonds is 11. The normalized spacial score (nSPS) is 16.8. The number of likely N-dealkylation sites (tertiary alicyclic amines) is 1. The SMILES string of the molecule is C#CCC(C)(C)NC(=O)CNC(=O)CN(CC1CCN(C(C)c2cccc3ccccc23)CC1)S(=O)O. The Labute approximate surface area is 222 Å². The first-order valence-corrected chi connectivity index (χ1v) is 13.7. The second-order valence-electron chi connectivity index (χ2n) is 10.4. The number of amides is 2. The van der Waals surface area contributed by atoms with Crippen LogP contribution < -0.4 is 10.6 Å². The van der Waals surface area contributed by atoms with Crippen LogP contribution in [-0.2, 0) is 20.9 Å². The summed E-state index contributed by atoms with van der Waals surface area (Å²) in [5, 5.41) is 7.79. The fraction of sp³-hybridized carbons (Fsp3) is 0.500. The Hall–Kier alpha value is -2.77. The Bertz CT molecular complexity index is 1150. The maximum Gasteiger partial charge on any atom is 0.239 e. The van der Waals surface area contributed by atoms with Gasteiger partial charge in [0.25, 0.3) is 0 Å². The highest BCUT2D eigenvalue weighted by atomic mass is 32.2. The molecule has 2 atom stereocenters. The number of nitrogens with one attached hydrogen (secondary N) is 2. The van der Waals surface area contributed by atoms with Gasteiger partial charge in [-0.2, -0.15) is 4.31 Å². The van der Waals surface area contributed by atoms with Crippen molar-refractivity contribution >= 4 is 33.9 Å². The summed E-state index contributed by atoms with van der Waals surface area (Å²) in [6, 6.07) is 15.1. The van der Waals surface area contributed by atoms with Gasteiger partial charge < -0.3 is 10.6 Å². The third-order valence-electron chi connectivity index (χ3n) is 6.94. The lowest BCUT2D eigenvalue weighted by Gasteiger charge is -2.37. The molecule has 1 aliphatic heterocycles. The van der Waals surface area contributed by atoms with Crippen molar-refractivity contribution in [1.82, 2.24) is 19.8 Å². The maximum atomic E-state index is 12.4. The molecule has 2 amide bonds. The first kappa shape index (κ1) is 28.8. The maximum absolute atomic E-state index is 12.4. The first-order valence-electron chi connectivity index (χ1n) is 12.7. The first-order chi connectivity index (χ1) is 17.6. The van der Waals surface area contributed by atoms with E-state index in [0.717, 1.165) is 25.9 Å². The lowest BCUT2D eigenvalue weighted by atomic mass is 9.93. The molecule has 2 aromatic rings. The van der Waals surface area contributed by atoms with E-state index in [1.54, 1.807) is 13.8 Å². The lowest BCUT2D eigenvalue weighted by molar-refractivity contribution is -0.127. The molecule has 8 nitrogen and oxygen atoms in total. The van der Waals surface area contributed by atoms with Crippen molar-refractivity contribution in [3.05, 3.63) is 48.0 Å². The zero-order chi connectivity index (χ0) is 27.0. The molecule has 9 heteroatoms. The van der Waals surface area contributed by atoms with Crippen molar-refractivity contribution in [2.75, 3.05) is 32.7 Å². The number of hydrogen-bond donors (Lipinski definition) is 3. The number of fused-ring (bicyclic) bond motifs is 1. The van der Waals surface area contributed by atoms with E-state index in [2.05, 4.69) is 70.8 Å². The summed E-state index contributed by atoms with van der Waals surface area (Å²) in [6.07, 6.45) is 7.42. The summed E-state index contributed by atoms with van der Waals surface area (Å²) in [4.78, 5) is 26.9. The van der Waals surface area contributed by atoms with E-state index >= 15 is 0 Å². The molecule has 0 radical (unpaired) electrons. The molecule has 200 valence electrons. The van der Waals surface area contributed by atoms with E-state index < -0.39 is 22.7 Å². The monoisotopic (exact) mass is 526 g/mol. The molecule has 1 heterocycles. The highest BCUT2D eigenvalue weighted by molar-refractivity contribution is 7.76. The van der Waals surface area contributed by atoms with Gasteiger partial charge in [-0.05, 0) is 69.0 Å². The number of benzene rings is 2. The van der Waals surface area contributed by atoms with E-state index in [4.69, 9.17) is 6.42 Å². The number of carbonyl (C=O) groups excluding carboxylic acids is 2. The highest BCUT2D eigenvalue weighted by Gasteiger charge is 2.28. The van der Waals surface area contributed by atoms with Crippen LogP contribution in [0.4, 0.5) is 0 Å². The summed E-state index contributed by atoms with van der Waals surface area (Å²) in [5.74, 6) is 1.87. The van der Waals surface area contributed by atoms with Crippen LogP contribution in [0.15, 0.2) is 42.5 Å². The average Bonchev–Trinajstić information content (AvgIpc) is 2.86. The second kappa shape index (κ2) is 13.2. The van der Waals surface area contributed by atoms with Crippen molar-refractivity contribution < 1.29 is 18.4 Å². The topological polar surface area (TPSA) is 102 Å². The molecule has 0 bridgehead atoms. The van der Waals surface area contributed by atoms with Gasteiger partial charge in [0, 0.05) is 24.5 Å². The fourth-order valence-electron chi connectivity index (χ4n) is 4.92. The molecule has 0 aliphatic carbocycles. The van der Waals surface area contributed by atoms with Crippen molar-refractivity contribution in [3.63, 3.8) is 0 Å².